The molecule has 5 heteroatoms. The highest BCUT2D eigenvalue weighted by Gasteiger charge is 2.44. The molecular formula is C26H31NO4. The summed E-state index contributed by atoms with van der Waals surface area (Å²) in [6.45, 7) is 7.64. The zero-order chi connectivity index (χ0) is 22.0. The van der Waals surface area contributed by atoms with Crippen LogP contribution in [0.25, 0.3) is 0 Å². The third-order valence-corrected chi connectivity index (χ3v) is 6.34. The van der Waals surface area contributed by atoms with Crippen LogP contribution >= 0.6 is 0 Å². The van der Waals surface area contributed by atoms with Crippen molar-refractivity contribution in [3.05, 3.63) is 71.3 Å². The quantitative estimate of drug-likeness (QED) is 0.653. The summed E-state index contributed by atoms with van der Waals surface area (Å²) in [4.78, 5) is 27.8. The summed E-state index contributed by atoms with van der Waals surface area (Å²) in [5.74, 6) is 0.0622. The molecule has 0 aliphatic carbocycles. The van der Waals surface area contributed by atoms with Crippen LogP contribution in [0.3, 0.4) is 0 Å². The van der Waals surface area contributed by atoms with Crippen LogP contribution in [0.1, 0.15) is 55.1 Å². The van der Waals surface area contributed by atoms with Crippen LogP contribution in [0.15, 0.2) is 54.6 Å². The van der Waals surface area contributed by atoms with E-state index < -0.39 is 0 Å². The van der Waals surface area contributed by atoms with Crippen LogP contribution in [0.4, 0.5) is 4.79 Å². The van der Waals surface area contributed by atoms with Crippen LogP contribution in [-0.4, -0.2) is 42.1 Å². The molecule has 0 spiro atoms. The van der Waals surface area contributed by atoms with Crippen molar-refractivity contribution < 1.29 is 19.1 Å². The predicted octanol–water partition coefficient (Wildman–Crippen LogP) is 4.98. The fourth-order valence-corrected chi connectivity index (χ4v) is 4.59. The lowest BCUT2D eigenvalue weighted by molar-refractivity contribution is -0.0755. The lowest BCUT2D eigenvalue weighted by Crippen LogP contribution is -2.59. The fraction of sp³-hybridized carbons (Fsp3) is 0.462. The van der Waals surface area contributed by atoms with E-state index in [2.05, 4.69) is 20.8 Å². The van der Waals surface area contributed by atoms with Crippen molar-refractivity contribution >= 4 is 11.9 Å². The molecule has 2 unspecified atom stereocenters. The minimum absolute atomic E-state index is 0.0569. The number of carbonyl (C=O) groups excluding carboxylic acids is 2. The normalized spacial score (nSPS) is 23.3. The highest BCUT2D eigenvalue weighted by molar-refractivity contribution is 5.98. The topological polar surface area (TPSA) is 55.8 Å². The summed E-state index contributed by atoms with van der Waals surface area (Å²) in [5.41, 5.74) is 2.98. The lowest BCUT2D eigenvalue weighted by Gasteiger charge is -2.47. The van der Waals surface area contributed by atoms with Gasteiger partial charge in [0, 0.05) is 11.5 Å². The molecule has 2 heterocycles. The van der Waals surface area contributed by atoms with Crippen molar-refractivity contribution in [2.45, 2.75) is 57.7 Å². The Morgan fingerprint density at radius 3 is 2.16 bits per heavy atom. The Morgan fingerprint density at radius 2 is 1.58 bits per heavy atom. The van der Waals surface area contributed by atoms with Crippen molar-refractivity contribution in [3.8, 4) is 0 Å². The zero-order valence-electron chi connectivity index (χ0n) is 18.5. The van der Waals surface area contributed by atoms with Gasteiger partial charge in [0.1, 0.15) is 6.61 Å². The standard InChI is InChI=1S/C26H31NO4/c1-26(2,3)21-11-9-19(10-12-21)24(28)20-13-22-16-30-17-23(14-20)27(22)25(29)31-15-18-7-5-4-6-8-18/h4-12,20,22-23H,13-17H2,1-3H3. The number of fused-ring (bicyclic) bond motifs is 2. The average Bonchev–Trinajstić information content (AvgIpc) is 2.76. The summed E-state index contributed by atoms with van der Waals surface area (Å²) < 4.78 is 11.3. The number of piperidine rings is 1. The number of ether oxygens (including phenoxy) is 2. The van der Waals surface area contributed by atoms with Crippen LogP contribution in [0.2, 0.25) is 0 Å². The lowest BCUT2D eigenvalue weighted by atomic mass is 9.80. The first-order valence-corrected chi connectivity index (χ1v) is 11.0. The van der Waals surface area contributed by atoms with Gasteiger partial charge in [0.05, 0.1) is 25.3 Å². The summed E-state index contributed by atoms with van der Waals surface area (Å²) in [6, 6.07) is 17.4. The van der Waals surface area contributed by atoms with Gasteiger partial charge in [-0.3, -0.25) is 9.69 Å². The van der Waals surface area contributed by atoms with Gasteiger partial charge in [-0.05, 0) is 29.4 Å². The van der Waals surface area contributed by atoms with Gasteiger partial charge in [0.2, 0.25) is 0 Å². The molecule has 2 aromatic carbocycles. The zero-order valence-corrected chi connectivity index (χ0v) is 18.5. The molecule has 0 saturated carbocycles. The van der Waals surface area contributed by atoms with Crippen LogP contribution in [0, 0.1) is 5.92 Å². The Bertz CT molecular complexity index is 903. The maximum atomic E-state index is 13.2. The van der Waals surface area contributed by atoms with Crippen molar-refractivity contribution in [2.75, 3.05) is 13.2 Å². The van der Waals surface area contributed by atoms with E-state index in [-0.39, 0.29) is 41.9 Å². The number of ketones is 1. The van der Waals surface area contributed by atoms with Gasteiger partial charge in [0.15, 0.2) is 5.78 Å². The van der Waals surface area contributed by atoms with E-state index in [4.69, 9.17) is 9.47 Å². The van der Waals surface area contributed by atoms with E-state index >= 15 is 0 Å². The number of nitrogens with zero attached hydrogens (tertiary/aromatic N) is 1. The van der Waals surface area contributed by atoms with Crippen molar-refractivity contribution in [1.82, 2.24) is 4.90 Å². The smallest absolute Gasteiger partial charge is 0.410 e. The SMILES string of the molecule is CC(C)(C)c1ccc(C(=O)C2CC3COCC(C2)N3C(=O)OCc2ccccc2)cc1. The van der Waals surface area contributed by atoms with Gasteiger partial charge < -0.3 is 9.47 Å². The summed E-state index contributed by atoms with van der Waals surface area (Å²) in [7, 11) is 0. The molecule has 4 rings (SSSR count). The molecule has 0 aromatic heterocycles. The second-order valence-corrected chi connectivity index (χ2v) is 9.65. The molecule has 164 valence electrons. The largest absolute Gasteiger partial charge is 0.445 e. The number of morpholine rings is 1. The van der Waals surface area contributed by atoms with Crippen molar-refractivity contribution in [2.24, 2.45) is 5.92 Å². The van der Waals surface area contributed by atoms with Gasteiger partial charge in [0.25, 0.3) is 0 Å². The van der Waals surface area contributed by atoms with Crippen molar-refractivity contribution in [3.63, 3.8) is 0 Å². The van der Waals surface area contributed by atoms with Crippen LogP contribution < -0.4 is 0 Å². The molecule has 0 N–H and O–H groups in total. The third kappa shape index (κ3) is 4.82. The fourth-order valence-electron chi connectivity index (χ4n) is 4.59. The number of amides is 1. The molecule has 2 aromatic rings. The molecule has 2 saturated heterocycles. The van der Waals surface area contributed by atoms with E-state index in [1.165, 1.54) is 5.56 Å². The molecule has 31 heavy (non-hydrogen) atoms. The first-order valence-electron chi connectivity index (χ1n) is 11.0. The number of rotatable bonds is 4. The molecule has 5 nitrogen and oxygen atoms in total. The number of Topliss-reactive ketones (excluding diaryl/α,β-unsaturated/α-hetero) is 1. The summed E-state index contributed by atoms with van der Waals surface area (Å²) in [6.07, 6.45) is 0.899. The second kappa shape index (κ2) is 8.83. The van der Waals surface area contributed by atoms with Crippen molar-refractivity contribution in [1.29, 1.82) is 0 Å². The molecule has 2 atom stereocenters. The number of carbonyl (C=O) groups is 2. The molecule has 2 aliphatic rings. The average molecular weight is 422 g/mol. The van der Waals surface area contributed by atoms with Gasteiger partial charge in [-0.2, -0.15) is 0 Å². The third-order valence-electron chi connectivity index (χ3n) is 6.34. The van der Waals surface area contributed by atoms with E-state index in [1.54, 1.807) is 4.90 Å². The Morgan fingerprint density at radius 1 is 0.968 bits per heavy atom. The highest BCUT2D eigenvalue weighted by atomic mass is 16.6. The van der Waals surface area contributed by atoms with Crippen LogP contribution in [-0.2, 0) is 21.5 Å². The van der Waals surface area contributed by atoms with Gasteiger partial charge >= 0.3 is 6.09 Å². The maximum Gasteiger partial charge on any atom is 0.410 e. The molecule has 1 amide bonds. The molecule has 2 aliphatic heterocycles. The number of hydrogen-bond acceptors (Lipinski definition) is 4. The minimum atomic E-state index is -0.317. The van der Waals surface area contributed by atoms with Gasteiger partial charge in [-0.25, -0.2) is 4.79 Å². The molecule has 0 radical (unpaired) electrons. The predicted molar refractivity (Wildman–Crippen MR) is 119 cm³/mol. The highest BCUT2D eigenvalue weighted by Crippen LogP contribution is 2.34. The summed E-state index contributed by atoms with van der Waals surface area (Å²) >= 11 is 0. The van der Waals surface area contributed by atoms with Gasteiger partial charge in [-0.1, -0.05) is 75.4 Å². The minimum Gasteiger partial charge on any atom is -0.445 e. The first kappa shape index (κ1) is 21.6. The summed E-state index contributed by atoms with van der Waals surface area (Å²) in [5, 5.41) is 0. The Hall–Kier alpha value is -2.66. The van der Waals surface area contributed by atoms with E-state index in [1.807, 2.05) is 54.6 Å². The van der Waals surface area contributed by atoms with E-state index in [9.17, 15) is 9.59 Å². The monoisotopic (exact) mass is 421 g/mol. The Balaban J connectivity index is 1.41. The maximum absolute atomic E-state index is 13.2. The molecular weight excluding hydrogens is 390 g/mol. The van der Waals surface area contributed by atoms with E-state index in [0.29, 0.717) is 26.1 Å². The second-order valence-electron chi connectivity index (χ2n) is 9.65. The van der Waals surface area contributed by atoms with Gasteiger partial charge in [-0.15, -0.1) is 0 Å². The number of hydrogen-bond donors (Lipinski definition) is 0. The number of benzene rings is 2. The van der Waals surface area contributed by atoms with E-state index in [0.717, 1.165) is 11.1 Å². The Kier molecular flexibility index (Phi) is 6.15. The Labute approximate surface area is 184 Å². The molecule has 2 fully saturated rings. The first-order chi connectivity index (χ1) is 14.8. The van der Waals surface area contributed by atoms with Crippen LogP contribution in [0.5, 0.6) is 0 Å². The molecule has 2 bridgehead atoms.